The van der Waals surface area contributed by atoms with Crippen LogP contribution in [-0.4, -0.2) is 20.5 Å². The molecule has 3 aromatic rings. The monoisotopic (exact) mass is 349 g/mol. The van der Waals surface area contributed by atoms with Gasteiger partial charge in [-0.1, -0.05) is 17.4 Å². The van der Waals surface area contributed by atoms with Gasteiger partial charge < -0.3 is 10.5 Å². The minimum absolute atomic E-state index is 0.134. The van der Waals surface area contributed by atoms with E-state index in [9.17, 15) is 8.42 Å². The van der Waals surface area contributed by atoms with Gasteiger partial charge in [0.1, 0.15) is 11.3 Å². The van der Waals surface area contributed by atoms with Gasteiger partial charge in [-0.25, -0.2) is 13.4 Å². The smallest absolute Gasteiger partial charge is 0.263 e. The fourth-order valence-electron chi connectivity index (χ4n) is 2.14. The standard InChI is InChI=1S/C15H15N3O3S2/c1-9-3-8-12(21-2)13-14(9)22-15(17-13)18-23(19,20)11-6-4-10(16)5-7-11/h3-8H,16H2,1-2H3,(H,17,18). The van der Waals surface area contributed by atoms with Crippen molar-refractivity contribution in [3.8, 4) is 5.75 Å². The molecule has 0 saturated carbocycles. The number of nitrogens with one attached hydrogen (secondary N) is 1. The molecule has 0 saturated heterocycles. The van der Waals surface area contributed by atoms with Crippen LogP contribution in [0.2, 0.25) is 0 Å². The number of hydrogen-bond donors (Lipinski definition) is 2. The van der Waals surface area contributed by atoms with Crippen LogP contribution in [0.25, 0.3) is 10.2 Å². The van der Waals surface area contributed by atoms with Gasteiger partial charge in [0.15, 0.2) is 5.13 Å². The van der Waals surface area contributed by atoms with E-state index in [0.717, 1.165) is 10.3 Å². The lowest BCUT2D eigenvalue weighted by Gasteiger charge is -2.05. The molecule has 0 bridgehead atoms. The number of sulfonamides is 1. The van der Waals surface area contributed by atoms with Gasteiger partial charge in [0, 0.05) is 5.69 Å². The van der Waals surface area contributed by atoms with Crippen LogP contribution in [0.5, 0.6) is 5.75 Å². The maximum Gasteiger partial charge on any atom is 0.263 e. The molecule has 2 aromatic carbocycles. The van der Waals surface area contributed by atoms with Gasteiger partial charge in [0.2, 0.25) is 0 Å². The highest BCUT2D eigenvalue weighted by atomic mass is 32.2. The molecule has 0 unspecified atom stereocenters. The second-order valence-electron chi connectivity index (χ2n) is 4.96. The summed E-state index contributed by atoms with van der Waals surface area (Å²) >= 11 is 1.27. The molecular formula is C15H15N3O3S2. The van der Waals surface area contributed by atoms with Crippen molar-refractivity contribution < 1.29 is 13.2 Å². The normalized spacial score (nSPS) is 11.6. The number of nitrogen functional groups attached to an aromatic ring is 1. The average Bonchev–Trinajstić information content (AvgIpc) is 2.92. The molecule has 0 fully saturated rings. The first-order chi connectivity index (χ1) is 10.9. The molecule has 0 spiro atoms. The highest BCUT2D eigenvalue weighted by molar-refractivity contribution is 7.93. The minimum Gasteiger partial charge on any atom is -0.494 e. The molecule has 0 aliphatic carbocycles. The number of rotatable bonds is 4. The van der Waals surface area contributed by atoms with Crippen LogP contribution in [-0.2, 0) is 10.0 Å². The molecule has 120 valence electrons. The number of methoxy groups -OCH3 is 1. The quantitative estimate of drug-likeness (QED) is 0.706. The Hall–Kier alpha value is -2.32. The predicted octanol–water partition coefficient (Wildman–Crippen LogP) is 3.00. The first-order valence-electron chi connectivity index (χ1n) is 6.73. The minimum atomic E-state index is -3.71. The number of hydrogen-bond acceptors (Lipinski definition) is 6. The molecular weight excluding hydrogens is 334 g/mol. The molecule has 0 amide bonds. The number of aromatic nitrogens is 1. The molecule has 0 radical (unpaired) electrons. The van der Waals surface area contributed by atoms with Crippen LogP contribution in [0.1, 0.15) is 5.56 Å². The molecule has 1 aromatic heterocycles. The van der Waals surface area contributed by atoms with Crippen LogP contribution < -0.4 is 15.2 Å². The van der Waals surface area contributed by atoms with Crippen LogP contribution >= 0.6 is 11.3 Å². The molecule has 3 N–H and O–H groups in total. The lowest BCUT2D eigenvalue weighted by atomic mass is 10.2. The first-order valence-corrected chi connectivity index (χ1v) is 9.03. The van der Waals surface area contributed by atoms with Gasteiger partial charge in [0.05, 0.1) is 16.7 Å². The Kier molecular flexibility index (Phi) is 3.87. The fraction of sp³-hybridized carbons (Fsp3) is 0.133. The maximum absolute atomic E-state index is 12.4. The molecule has 3 rings (SSSR count). The number of nitrogens with zero attached hydrogens (tertiary/aromatic N) is 1. The summed E-state index contributed by atoms with van der Waals surface area (Å²) in [5.74, 6) is 0.611. The largest absolute Gasteiger partial charge is 0.494 e. The van der Waals surface area contributed by atoms with Crippen molar-refractivity contribution in [2.75, 3.05) is 17.6 Å². The topological polar surface area (TPSA) is 94.3 Å². The summed E-state index contributed by atoms with van der Waals surface area (Å²) in [7, 11) is -2.15. The van der Waals surface area contributed by atoms with Crippen LogP contribution in [0.15, 0.2) is 41.3 Å². The Balaban J connectivity index is 2.01. The summed E-state index contributed by atoms with van der Waals surface area (Å²) in [5.41, 5.74) is 7.74. The molecule has 8 heteroatoms. The van der Waals surface area contributed by atoms with E-state index in [4.69, 9.17) is 10.5 Å². The molecule has 1 heterocycles. The number of aryl methyl sites for hydroxylation is 1. The lowest BCUT2D eigenvalue weighted by Crippen LogP contribution is -2.12. The summed E-state index contributed by atoms with van der Waals surface area (Å²) in [4.78, 5) is 4.49. The second kappa shape index (κ2) is 5.71. The Morgan fingerprint density at radius 1 is 1.17 bits per heavy atom. The van der Waals surface area contributed by atoms with Crippen LogP contribution in [0.3, 0.4) is 0 Å². The Bertz CT molecular complexity index is 964. The molecule has 23 heavy (non-hydrogen) atoms. The number of thiazole rings is 1. The van der Waals surface area contributed by atoms with E-state index in [1.807, 2.05) is 19.1 Å². The van der Waals surface area contributed by atoms with Gasteiger partial charge in [-0.3, -0.25) is 4.72 Å². The number of benzene rings is 2. The number of fused-ring (bicyclic) bond motifs is 1. The third kappa shape index (κ3) is 2.95. The van der Waals surface area contributed by atoms with Gasteiger partial charge in [-0.05, 0) is 42.8 Å². The number of anilines is 2. The summed E-state index contributed by atoms with van der Waals surface area (Å²) < 4.78 is 33.5. The first kappa shape index (κ1) is 15.6. The summed E-state index contributed by atoms with van der Waals surface area (Å²) in [6.45, 7) is 1.94. The van der Waals surface area contributed by atoms with Gasteiger partial charge >= 0.3 is 0 Å². The van der Waals surface area contributed by atoms with Gasteiger partial charge in [0.25, 0.3) is 10.0 Å². The van der Waals surface area contributed by atoms with Crippen molar-refractivity contribution in [2.45, 2.75) is 11.8 Å². The van der Waals surface area contributed by atoms with Crippen molar-refractivity contribution in [3.63, 3.8) is 0 Å². The average molecular weight is 349 g/mol. The van der Waals surface area contributed by atoms with Crippen molar-refractivity contribution in [2.24, 2.45) is 0 Å². The zero-order chi connectivity index (χ0) is 16.6. The summed E-state index contributed by atoms with van der Waals surface area (Å²) in [5, 5.41) is 0.296. The molecule has 0 atom stereocenters. The van der Waals surface area contributed by atoms with Gasteiger partial charge in [-0.15, -0.1) is 0 Å². The molecule has 0 aliphatic heterocycles. The SMILES string of the molecule is COc1ccc(C)c2sc(NS(=O)(=O)c3ccc(N)cc3)nc12. The van der Waals surface area contributed by atoms with Crippen molar-refractivity contribution >= 4 is 42.4 Å². The van der Waals surface area contributed by atoms with Crippen LogP contribution in [0.4, 0.5) is 10.8 Å². The Labute approximate surface area is 138 Å². The van der Waals surface area contributed by atoms with Crippen molar-refractivity contribution in [3.05, 3.63) is 42.0 Å². The zero-order valence-electron chi connectivity index (χ0n) is 12.5. The molecule has 6 nitrogen and oxygen atoms in total. The third-order valence-corrected chi connectivity index (χ3v) is 5.93. The zero-order valence-corrected chi connectivity index (χ0v) is 14.2. The van der Waals surface area contributed by atoms with E-state index in [2.05, 4.69) is 9.71 Å². The van der Waals surface area contributed by atoms with E-state index < -0.39 is 10.0 Å². The highest BCUT2D eigenvalue weighted by Crippen LogP contribution is 2.35. The summed E-state index contributed by atoms with van der Waals surface area (Å²) in [6, 6.07) is 9.72. The highest BCUT2D eigenvalue weighted by Gasteiger charge is 2.18. The van der Waals surface area contributed by atoms with Gasteiger partial charge in [-0.2, -0.15) is 0 Å². The Morgan fingerprint density at radius 3 is 2.52 bits per heavy atom. The van der Waals surface area contributed by atoms with Crippen molar-refractivity contribution in [1.29, 1.82) is 0 Å². The van der Waals surface area contributed by atoms with Crippen molar-refractivity contribution in [1.82, 2.24) is 4.98 Å². The predicted molar refractivity (Wildman–Crippen MR) is 92.6 cm³/mol. The van der Waals surface area contributed by atoms with E-state index >= 15 is 0 Å². The number of nitrogens with two attached hydrogens (primary N) is 1. The van der Waals surface area contributed by atoms with E-state index in [1.54, 1.807) is 19.2 Å². The molecule has 0 aliphatic rings. The van der Waals surface area contributed by atoms with E-state index in [1.165, 1.54) is 23.5 Å². The summed E-state index contributed by atoms with van der Waals surface area (Å²) in [6.07, 6.45) is 0. The fourth-order valence-corrected chi connectivity index (χ4v) is 4.32. The van der Waals surface area contributed by atoms with Crippen LogP contribution in [0, 0.1) is 6.92 Å². The maximum atomic E-state index is 12.4. The Morgan fingerprint density at radius 2 is 1.87 bits per heavy atom. The lowest BCUT2D eigenvalue weighted by molar-refractivity contribution is 0.419. The van der Waals surface area contributed by atoms with E-state index in [-0.39, 0.29) is 4.90 Å². The van der Waals surface area contributed by atoms with E-state index in [0.29, 0.717) is 22.1 Å². The third-order valence-electron chi connectivity index (χ3n) is 3.34. The number of ether oxygens (including phenoxy) is 1. The second-order valence-corrected chi connectivity index (χ2v) is 7.64.